The van der Waals surface area contributed by atoms with E-state index in [1.807, 2.05) is 20.8 Å². The van der Waals surface area contributed by atoms with Gasteiger partial charge in [0.15, 0.2) is 0 Å². The zero-order valence-electron chi connectivity index (χ0n) is 9.33. The Balaban J connectivity index is 2.47. The van der Waals surface area contributed by atoms with Crippen LogP contribution < -0.4 is 11.1 Å². The first-order valence-electron chi connectivity index (χ1n) is 5.00. The second-order valence-electron chi connectivity index (χ2n) is 3.48. The average molecular weight is 211 g/mol. The number of rotatable bonds is 4. The van der Waals surface area contributed by atoms with E-state index in [0.29, 0.717) is 18.9 Å². The number of nitrogens with one attached hydrogen (secondary N) is 1. The highest BCUT2D eigenvalue weighted by molar-refractivity contribution is 5.81. The summed E-state index contributed by atoms with van der Waals surface area (Å²) in [6.45, 7) is 5.86. The Morgan fingerprint density at radius 2 is 2.27 bits per heavy atom. The van der Waals surface area contributed by atoms with Crippen molar-refractivity contribution in [2.24, 2.45) is 5.73 Å². The van der Waals surface area contributed by atoms with Gasteiger partial charge in [0.05, 0.1) is 18.3 Å². The quantitative estimate of drug-likeness (QED) is 0.766. The molecule has 0 saturated heterocycles. The number of aryl methyl sites for hydroxylation is 2. The fourth-order valence-electron chi connectivity index (χ4n) is 1.09. The zero-order chi connectivity index (χ0) is 11.4. The molecule has 0 bridgehead atoms. The van der Waals surface area contributed by atoms with Crippen molar-refractivity contribution < 1.29 is 9.21 Å². The minimum absolute atomic E-state index is 0.175. The highest BCUT2D eigenvalue weighted by Gasteiger charge is 2.12. The van der Waals surface area contributed by atoms with Gasteiger partial charge in [-0.25, -0.2) is 4.98 Å². The Morgan fingerprint density at radius 1 is 1.60 bits per heavy atom. The van der Waals surface area contributed by atoms with Gasteiger partial charge < -0.3 is 15.5 Å². The summed E-state index contributed by atoms with van der Waals surface area (Å²) < 4.78 is 5.31. The Bertz CT molecular complexity index is 327. The van der Waals surface area contributed by atoms with Gasteiger partial charge in [0.2, 0.25) is 11.8 Å². The van der Waals surface area contributed by atoms with Crippen molar-refractivity contribution in [2.45, 2.75) is 39.8 Å². The molecule has 1 atom stereocenters. The van der Waals surface area contributed by atoms with Crippen molar-refractivity contribution >= 4 is 5.91 Å². The molecule has 0 aliphatic heterocycles. The maximum absolute atomic E-state index is 11.3. The molecule has 1 aromatic rings. The van der Waals surface area contributed by atoms with Gasteiger partial charge in [0.1, 0.15) is 5.76 Å². The van der Waals surface area contributed by atoms with Crippen LogP contribution >= 0.6 is 0 Å². The first kappa shape index (κ1) is 11.7. The molecule has 0 aliphatic carbocycles. The van der Waals surface area contributed by atoms with Crippen LogP contribution in [0, 0.1) is 13.8 Å². The molecule has 0 unspecified atom stereocenters. The van der Waals surface area contributed by atoms with Crippen molar-refractivity contribution in [3.05, 3.63) is 17.3 Å². The third kappa shape index (κ3) is 3.06. The highest BCUT2D eigenvalue weighted by Crippen LogP contribution is 2.07. The van der Waals surface area contributed by atoms with E-state index in [2.05, 4.69) is 10.3 Å². The minimum Gasteiger partial charge on any atom is -0.444 e. The van der Waals surface area contributed by atoms with Crippen LogP contribution in [0.2, 0.25) is 0 Å². The lowest BCUT2D eigenvalue weighted by Crippen LogP contribution is -2.39. The Kier molecular flexibility index (Phi) is 3.85. The summed E-state index contributed by atoms with van der Waals surface area (Å²) in [5, 5.41) is 2.67. The van der Waals surface area contributed by atoms with E-state index < -0.39 is 6.04 Å². The van der Waals surface area contributed by atoms with Crippen LogP contribution in [-0.4, -0.2) is 16.9 Å². The minimum atomic E-state index is -0.456. The first-order valence-corrected chi connectivity index (χ1v) is 5.00. The number of oxazole rings is 1. The van der Waals surface area contributed by atoms with Crippen molar-refractivity contribution in [3.8, 4) is 0 Å². The van der Waals surface area contributed by atoms with Gasteiger partial charge in [-0.1, -0.05) is 6.92 Å². The van der Waals surface area contributed by atoms with Crippen molar-refractivity contribution in [2.75, 3.05) is 0 Å². The molecule has 15 heavy (non-hydrogen) atoms. The first-order chi connectivity index (χ1) is 7.04. The van der Waals surface area contributed by atoms with Gasteiger partial charge in [0, 0.05) is 0 Å². The number of amides is 1. The smallest absolute Gasteiger partial charge is 0.237 e. The molecule has 5 heteroatoms. The molecular weight excluding hydrogens is 194 g/mol. The monoisotopic (exact) mass is 211 g/mol. The van der Waals surface area contributed by atoms with E-state index in [9.17, 15) is 4.79 Å². The second kappa shape index (κ2) is 4.93. The molecule has 1 heterocycles. The lowest BCUT2D eigenvalue weighted by atomic mass is 10.2. The molecule has 1 amide bonds. The Morgan fingerprint density at radius 3 is 2.73 bits per heavy atom. The van der Waals surface area contributed by atoms with E-state index in [1.165, 1.54) is 0 Å². The van der Waals surface area contributed by atoms with Crippen LogP contribution in [0.5, 0.6) is 0 Å². The SMILES string of the molecule is CC[C@@H](N)C(=O)NCc1nc(C)c(C)o1. The van der Waals surface area contributed by atoms with Crippen molar-refractivity contribution in [1.82, 2.24) is 10.3 Å². The van der Waals surface area contributed by atoms with Crippen LogP contribution in [0.25, 0.3) is 0 Å². The molecular formula is C10H17N3O2. The summed E-state index contributed by atoms with van der Waals surface area (Å²) in [4.78, 5) is 15.5. The lowest BCUT2D eigenvalue weighted by molar-refractivity contribution is -0.122. The Hall–Kier alpha value is -1.36. The molecule has 0 spiro atoms. The molecule has 0 radical (unpaired) electrons. The van der Waals surface area contributed by atoms with Crippen LogP contribution in [-0.2, 0) is 11.3 Å². The summed E-state index contributed by atoms with van der Waals surface area (Å²) in [7, 11) is 0. The van der Waals surface area contributed by atoms with Crippen LogP contribution in [0.1, 0.15) is 30.7 Å². The topological polar surface area (TPSA) is 81.2 Å². The molecule has 5 nitrogen and oxygen atoms in total. The fraction of sp³-hybridized carbons (Fsp3) is 0.600. The third-order valence-corrected chi connectivity index (χ3v) is 2.26. The Labute approximate surface area is 89.1 Å². The van der Waals surface area contributed by atoms with E-state index >= 15 is 0 Å². The second-order valence-corrected chi connectivity index (χ2v) is 3.48. The standard InChI is InChI=1S/C10H17N3O2/c1-4-8(11)10(14)12-5-9-13-6(2)7(3)15-9/h8H,4-5,11H2,1-3H3,(H,12,14)/t8-/m1/s1. The summed E-state index contributed by atoms with van der Waals surface area (Å²) >= 11 is 0. The van der Waals surface area contributed by atoms with Crippen molar-refractivity contribution in [1.29, 1.82) is 0 Å². The maximum atomic E-state index is 11.3. The fourth-order valence-corrected chi connectivity index (χ4v) is 1.09. The summed E-state index contributed by atoms with van der Waals surface area (Å²) in [6, 6.07) is -0.456. The number of carbonyl (C=O) groups excluding carboxylic acids is 1. The zero-order valence-corrected chi connectivity index (χ0v) is 9.33. The third-order valence-electron chi connectivity index (χ3n) is 2.26. The van der Waals surface area contributed by atoms with E-state index in [4.69, 9.17) is 10.2 Å². The lowest BCUT2D eigenvalue weighted by Gasteiger charge is -2.07. The molecule has 0 fully saturated rings. The predicted molar refractivity (Wildman–Crippen MR) is 56.1 cm³/mol. The van der Waals surface area contributed by atoms with Gasteiger partial charge in [-0.05, 0) is 20.3 Å². The molecule has 0 aliphatic rings. The molecule has 3 N–H and O–H groups in total. The molecule has 1 aromatic heterocycles. The van der Waals surface area contributed by atoms with Gasteiger partial charge >= 0.3 is 0 Å². The number of hydrogen-bond acceptors (Lipinski definition) is 4. The summed E-state index contributed by atoms with van der Waals surface area (Å²) in [5.41, 5.74) is 6.40. The van der Waals surface area contributed by atoms with Gasteiger partial charge in [-0.2, -0.15) is 0 Å². The van der Waals surface area contributed by atoms with Gasteiger partial charge in [-0.15, -0.1) is 0 Å². The predicted octanol–water partition coefficient (Wildman–Crippen LogP) is 0.645. The van der Waals surface area contributed by atoms with Crippen LogP contribution in [0.3, 0.4) is 0 Å². The maximum Gasteiger partial charge on any atom is 0.237 e. The number of carbonyl (C=O) groups is 1. The highest BCUT2D eigenvalue weighted by atomic mass is 16.4. The molecule has 0 aromatic carbocycles. The normalized spacial score (nSPS) is 12.5. The number of aromatic nitrogens is 1. The number of nitrogens with zero attached hydrogens (tertiary/aromatic N) is 1. The van der Waals surface area contributed by atoms with E-state index in [0.717, 1.165) is 11.5 Å². The van der Waals surface area contributed by atoms with Gasteiger partial charge in [-0.3, -0.25) is 4.79 Å². The largest absolute Gasteiger partial charge is 0.444 e. The molecule has 1 rings (SSSR count). The van der Waals surface area contributed by atoms with Gasteiger partial charge in [0.25, 0.3) is 0 Å². The molecule has 0 saturated carbocycles. The van der Waals surface area contributed by atoms with Crippen LogP contribution in [0.15, 0.2) is 4.42 Å². The average Bonchev–Trinajstić information content (AvgIpc) is 2.54. The number of nitrogens with two attached hydrogens (primary N) is 1. The van der Waals surface area contributed by atoms with Crippen molar-refractivity contribution in [3.63, 3.8) is 0 Å². The van der Waals surface area contributed by atoms with E-state index in [1.54, 1.807) is 0 Å². The summed E-state index contributed by atoms with van der Waals surface area (Å²) in [6.07, 6.45) is 0.621. The molecule has 84 valence electrons. The number of hydrogen-bond donors (Lipinski definition) is 2. The summed E-state index contributed by atoms with van der Waals surface area (Å²) in [5.74, 6) is 1.12. The van der Waals surface area contributed by atoms with E-state index in [-0.39, 0.29) is 5.91 Å². The van der Waals surface area contributed by atoms with Crippen LogP contribution in [0.4, 0.5) is 0 Å².